The number of benzene rings is 8. The van der Waals surface area contributed by atoms with Gasteiger partial charge >= 0.3 is 0 Å². The van der Waals surface area contributed by atoms with Crippen LogP contribution >= 0.6 is 0 Å². The lowest BCUT2D eigenvalue weighted by atomic mass is 9.82. The van der Waals surface area contributed by atoms with Crippen molar-refractivity contribution in [2.24, 2.45) is 0 Å². The van der Waals surface area contributed by atoms with Crippen molar-refractivity contribution in [3.8, 4) is 33.4 Å². The first kappa shape index (κ1) is 40.5. The summed E-state index contributed by atoms with van der Waals surface area (Å²) in [5.41, 5.74) is 19.5. The lowest BCUT2D eigenvalue weighted by Gasteiger charge is -2.36. The molecule has 0 atom stereocenters. The van der Waals surface area contributed by atoms with Crippen molar-refractivity contribution >= 4 is 45.9 Å². The average molecular weight is 846 g/mol. The zero-order chi connectivity index (χ0) is 44.6. The van der Waals surface area contributed by atoms with Gasteiger partial charge in [-0.15, -0.1) is 0 Å². The highest BCUT2D eigenvalue weighted by Crippen LogP contribution is 2.53. The van der Waals surface area contributed by atoms with Crippen molar-refractivity contribution in [2.75, 3.05) is 4.90 Å². The van der Waals surface area contributed by atoms with Gasteiger partial charge in [-0.3, -0.25) is 0 Å². The van der Waals surface area contributed by atoms with Crippen molar-refractivity contribution in [3.05, 3.63) is 209 Å². The Morgan fingerprint density at radius 3 is 1.28 bits per heavy atom. The third-order valence-electron chi connectivity index (χ3n) is 15.2. The molecule has 1 nitrogen and oxygen atoms in total. The summed E-state index contributed by atoms with van der Waals surface area (Å²) in [5, 5.41) is 5.81. The van der Waals surface area contributed by atoms with Gasteiger partial charge < -0.3 is 4.90 Å². The van der Waals surface area contributed by atoms with E-state index >= 15 is 0 Å². The Morgan fingerprint density at radius 1 is 0.344 bits per heavy atom. The largest absolute Gasteiger partial charge is 0.310 e. The second-order valence-corrected chi connectivity index (χ2v) is 25.6. The molecule has 0 aromatic heterocycles. The fourth-order valence-electron chi connectivity index (χ4n) is 11.7. The first-order valence-electron chi connectivity index (χ1n) is 23.3. The molecule has 0 saturated heterocycles. The molecule has 8 aromatic carbocycles. The molecule has 1 heterocycles. The van der Waals surface area contributed by atoms with Crippen LogP contribution in [-0.2, 0) is 21.7 Å². The van der Waals surface area contributed by atoms with Crippen LogP contribution in [0.1, 0.15) is 103 Å². The molecule has 0 unspecified atom stereocenters. The van der Waals surface area contributed by atoms with Crippen LogP contribution in [0.3, 0.4) is 0 Å². The number of nitrogens with zero attached hydrogens (tertiary/aromatic N) is 1. The zero-order valence-corrected chi connectivity index (χ0v) is 40.2. The van der Waals surface area contributed by atoms with Crippen LogP contribution in [0, 0.1) is 0 Å². The van der Waals surface area contributed by atoms with Gasteiger partial charge in [-0.1, -0.05) is 209 Å². The molecular weight excluding hydrogens is 787 g/mol. The van der Waals surface area contributed by atoms with Crippen LogP contribution in [0.15, 0.2) is 176 Å². The SMILES string of the molecule is CC(C)(C)c1cccc([Si]2(c3cc(N(c4ccc5c(c4)C(C)(C)c4ccccc4-5)c4ccc5c(c4)C(C)(C)c4ccccc4-5)cc(C(C)(C)C)c3)c3ccccc3-c3ccccc32)c1. The van der Waals surface area contributed by atoms with Crippen molar-refractivity contribution in [1.82, 2.24) is 0 Å². The van der Waals surface area contributed by atoms with E-state index in [0.717, 1.165) is 0 Å². The lowest BCUT2D eigenvalue weighted by Crippen LogP contribution is -2.73. The molecule has 0 radical (unpaired) electrons. The quantitative estimate of drug-likeness (QED) is 0.156. The van der Waals surface area contributed by atoms with E-state index < -0.39 is 8.07 Å². The van der Waals surface area contributed by atoms with E-state index in [1.165, 1.54) is 105 Å². The van der Waals surface area contributed by atoms with Gasteiger partial charge in [0.15, 0.2) is 8.07 Å². The van der Waals surface area contributed by atoms with E-state index in [2.05, 4.69) is 250 Å². The maximum absolute atomic E-state index is 2.92. The van der Waals surface area contributed by atoms with Gasteiger partial charge in [0, 0.05) is 27.9 Å². The van der Waals surface area contributed by atoms with Gasteiger partial charge in [0.05, 0.1) is 0 Å². The monoisotopic (exact) mass is 845 g/mol. The maximum Gasteiger partial charge on any atom is 0.180 e. The standard InChI is InChI=1S/C62H59NSi/c1-59(2,3)40-20-19-21-45(35-40)64(57-28-17-13-24-51(57)52-25-14-18-29-58(52)64)46-36-41(60(4,5)6)34-44(37-46)63(42-30-32-49-47-22-11-15-26-53(47)61(7,8)55(49)38-42)43-31-33-50-48-23-12-16-27-54(48)62(9,10)56(50)39-43/h11-39H,1-10H3. The Morgan fingerprint density at radius 2 is 0.781 bits per heavy atom. The summed E-state index contributed by atoms with van der Waals surface area (Å²) in [5.74, 6) is 0. The molecule has 0 saturated carbocycles. The Kier molecular flexibility index (Phi) is 8.80. The van der Waals surface area contributed by atoms with Crippen molar-refractivity contribution in [1.29, 1.82) is 0 Å². The van der Waals surface area contributed by atoms with Gasteiger partial charge in [0.1, 0.15) is 0 Å². The Labute approximate surface area is 382 Å². The third-order valence-corrected chi connectivity index (χ3v) is 20.1. The topological polar surface area (TPSA) is 3.24 Å². The molecule has 3 aliphatic rings. The number of anilines is 3. The van der Waals surface area contributed by atoms with E-state index in [1.807, 2.05) is 0 Å². The molecule has 1 aliphatic heterocycles. The summed E-state index contributed by atoms with van der Waals surface area (Å²) in [6.07, 6.45) is 0. The summed E-state index contributed by atoms with van der Waals surface area (Å²) in [4.78, 5) is 2.60. The summed E-state index contributed by atoms with van der Waals surface area (Å²) in [6, 6.07) is 68.6. The van der Waals surface area contributed by atoms with E-state index in [9.17, 15) is 0 Å². The number of fused-ring (bicyclic) bond motifs is 9. The van der Waals surface area contributed by atoms with Crippen LogP contribution in [0.4, 0.5) is 17.1 Å². The number of hydrogen-bond donors (Lipinski definition) is 0. The van der Waals surface area contributed by atoms with E-state index in [0.29, 0.717) is 0 Å². The normalized spacial score (nSPS) is 15.7. The zero-order valence-electron chi connectivity index (χ0n) is 39.2. The van der Waals surface area contributed by atoms with Gasteiger partial charge in [0.2, 0.25) is 0 Å². The molecule has 11 rings (SSSR count). The van der Waals surface area contributed by atoms with Crippen molar-refractivity contribution in [3.63, 3.8) is 0 Å². The van der Waals surface area contributed by atoms with Crippen molar-refractivity contribution in [2.45, 2.75) is 90.9 Å². The third kappa shape index (κ3) is 5.81. The van der Waals surface area contributed by atoms with Gasteiger partial charge in [0.25, 0.3) is 0 Å². The molecule has 316 valence electrons. The minimum Gasteiger partial charge on any atom is -0.310 e. The highest BCUT2D eigenvalue weighted by atomic mass is 28.3. The van der Waals surface area contributed by atoms with Gasteiger partial charge in [-0.05, 0) is 135 Å². The van der Waals surface area contributed by atoms with Crippen LogP contribution in [0.5, 0.6) is 0 Å². The molecule has 0 N–H and O–H groups in total. The minimum absolute atomic E-state index is 0.000463. The summed E-state index contributed by atoms with van der Waals surface area (Å²) >= 11 is 0. The molecule has 0 amide bonds. The maximum atomic E-state index is 2.60. The van der Waals surface area contributed by atoms with Crippen molar-refractivity contribution < 1.29 is 0 Å². The summed E-state index contributed by atoms with van der Waals surface area (Å²) in [7, 11) is -2.92. The van der Waals surface area contributed by atoms with Gasteiger partial charge in [-0.25, -0.2) is 0 Å². The Balaban J connectivity index is 1.23. The summed E-state index contributed by atoms with van der Waals surface area (Å²) < 4.78 is 0. The molecule has 2 heteroatoms. The average Bonchev–Trinajstić information content (AvgIpc) is 3.81. The Hall–Kier alpha value is -6.22. The molecule has 2 aliphatic carbocycles. The van der Waals surface area contributed by atoms with E-state index in [1.54, 1.807) is 0 Å². The first-order chi connectivity index (χ1) is 30.5. The molecule has 64 heavy (non-hydrogen) atoms. The molecule has 8 aromatic rings. The second kappa shape index (κ2) is 13.9. The fourth-order valence-corrected chi connectivity index (χ4v) is 17.0. The lowest BCUT2D eigenvalue weighted by molar-refractivity contribution is 0.590. The van der Waals surface area contributed by atoms with Crippen LogP contribution in [0.2, 0.25) is 0 Å². The summed E-state index contributed by atoms with van der Waals surface area (Å²) in [6.45, 7) is 23.8. The highest BCUT2D eigenvalue weighted by Gasteiger charge is 2.49. The predicted molar refractivity (Wildman–Crippen MR) is 276 cm³/mol. The first-order valence-corrected chi connectivity index (χ1v) is 25.3. The van der Waals surface area contributed by atoms with E-state index in [-0.39, 0.29) is 21.7 Å². The van der Waals surface area contributed by atoms with Gasteiger partial charge in [-0.2, -0.15) is 0 Å². The Bertz CT molecular complexity index is 3050. The fraction of sp³-hybridized carbons (Fsp3) is 0.226. The molecule has 0 spiro atoms. The van der Waals surface area contributed by atoms with Crippen LogP contribution < -0.4 is 25.6 Å². The smallest absolute Gasteiger partial charge is 0.180 e. The van der Waals surface area contributed by atoms with Crippen LogP contribution in [0.25, 0.3) is 33.4 Å². The van der Waals surface area contributed by atoms with E-state index in [4.69, 9.17) is 0 Å². The molecule has 0 bridgehead atoms. The molecule has 0 fully saturated rings. The predicted octanol–water partition coefficient (Wildman–Crippen LogP) is 13.7. The minimum atomic E-state index is -2.92. The van der Waals surface area contributed by atoms with Crippen LogP contribution in [-0.4, -0.2) is 8.07 Å². The number of rotatable bonds is 5. The second-order valence-electron chi connectivity index (χ2n) is 21.8. The highest BCUT2D eigenvalue weighted by molar-refractivity contribution is 7.22. The number of hydrogen-bond acceptors (Lipinski definition) is 1. The molecular formula is C62H59NSi.